The van der Waals surface area contributed by atoms with E-state index in [0.717, 1.165) is 11.8 Å². The van der Waals surface area contributed by atoms with E-state index in [9.17, 15) is 14.0 Å². The van der Waals surface area contributed by atoms with Crippen LogP contribution in [0.4, 0.5) is 4.39 Å². The maximum atomic E-state index is 12.8. The molecule has 0 aliphatic carbocycles. The molecule has 1 amide bonds. The van der Waals surface area contributed by atoms with Crippen LogP contribution in [0.15, 0.2) is 29.2 Å². The summed E-state index contributed by atoms with van der Waals surface area (Å²) >= 11 is 6.16. The minimum absolute atomic E-state index is 0.206. The number of hydrogen-bond acceptors (Lipinski definition) is 5. The van der Waals surface area contributed by atoms with E-state index in [4.69, 9.17) is 12.2 Å². The smallest absolute Gasteiger partial charge is 0.325 e. The molecule has 0 saturated carbocycles. The molecule has 1 fully saturated rings. The normalized spacial score (nSPS) is 16.9. The topological polar surface area (TPSA) is 46.6 Å². The summed E-state index contributed by atoms with van der Waals surface area (Å²) in [6.45, 7) is -0.206. The van der Waals surface area contributed by atoms with Crippen LogP contribution in [0.2, 0.25) is 0 Å². The zero-order chi connectivity index (χ0) is 14.7. The van der Waals surface area contributed by atoms with Crippen LogP contribution < -0.4 is 0 Å². The van der Waals surface area contributed by atoms with Crippen molar-refractivity contribution in [3.8, 4) is 0 Å². The van der Waals surface area contributed by atoms with E-state index in [2.05, 4.69) is 4.74 Å². The summed E-state index contributed by atoms with van der Waals surface area (Å²) in [4.78, 5) is 24.9. The largest absolute Gasteiger partial charge is 0.468 e. The van der Waals surface area contributed by atoms with Gasteiger partial charge in [0.25, 0.3) is 5.91 Å². The van der Waals surface area contributed by atoms with E-state index in [1.54, 1.807) is 18.2 Å². The molecule has 4 nitrogen and oxygen atoms in total. The summed E-state index contributed by atoms with van der Waals surface area (Å²) in [6, 6.07) is 5.73. The van der Waals surface area contributed by atoms with Gasteiger partial charge in [-0.05, 0) is 23.8 Å². The highest BCUT2D eigenvalue weighted by Crippen LogP contribution is 2.32. The molecule has 1 aliphatic rings. The van der Waals surface area contributed by atoms with Gasteiger partial charge >= 0.3 is 5.97 Å². The van der Waals surface area contributed by atoms with Gasteiger partial charge in [-0.3, -0.25) is 14.5 Å². The van der Waals surface area contributed by atoms with Crippen LogP contribution in [-0.4, -0.2) is 34.8 Å². The predicted octanol–water partition coefficient (Wildman–Crippen LogP) is 2.20. The molecule has 1 aliphatic heterocycles. The van der Waals surface area contributed by atoms with Crippen molar-refractivity contribution < 1.29 is 18.7 Å². The summed E-state index contributed by atoms with van der Waals surface area (Å²) in [7, 11) is 1.24. The van der Waals surface area contributed by atoms with Gasteiger partial charge in [0.1, 0.15) is 16.7 Å². The lowest BCUT2D eigenvalue weighted by molar-refractivity contribution is -0.143. The highest BCUT2D eigenvalue weighted by molar-refractivity contribution is 8.26. The molecule has 0 spiro atoms. The summed E-state index contributed by atoms with van der Waals surface area (Å²) in [5.74, 6) is -1.24. The first-order chi connectivity index (χ1) is 9.51. The number of carbonyl (C=O) groups excluding carboxylic acids is 2. The molecule has 0 bridgehead atoms. The predicted molar refractivity (Wildman–Crippen MR) is 78.3 cm³/mol. The van der Waals surface area contributed by atoms with Gasteiger partial charge in [0, 0.05) is 0 Å². The van der Waals surface area contributed by atoms with Crippen molar-refractivity contribution in [1.29, 1.82) is 0 Å². The Hall–Kier alpha value is -1.73. The van der Waals surface area contributed by atoms with Crippen LogP contribution in [0.5, 0.6) is 0 Å². The van der Waals surface area contributed by atoms with Gasteiger partial charge in [0.2, 0.25) is 0 Å². The van der Waals surface area contributed by atoms with Gasteiger partial charge in [0.05, 0.1) is 12.0 Å². The number of thiocarbonyl (C=S) groups is 1. The van der Waals surface area contributed by atoms with Crippen LogP contribution in [0.25, 0.3) is 6.08 Å². The zero-order valence-corrected chi connectivity index (χ0v) is 12.1. The third-order valence-electron chi connectivity index (χ3n) is 2.56. The van der Waals surface area contributed by atoms with Gasteiger partial charge in [-0.2, -0.15) is 0 Å². The van der Waals surface area contributed by atoms with Crippen molar-refractivity contribution in [2.45, 2.75) is 0 Å². The third-order valence-corrected chi connectivity index (χ3v) is 3.93. The van der Waals surface area contributed by atoms with E-state index < -0.39 is 5.97 Å². The van der Waals surface area contributed by atoms with Crippen molar-refractivity contribution in [2.75, 3.05) is 13.7 Å². The van der Waals surface area contributed by atoms with Gasteiger partial charge in [-0.1, -0.05) is 36.1 Å². The Kier molecular flexibility index (Phi) is 4.51. The highest BCUT2D eigenvalue weighted by atomic mass is 32.2. The second-order valence-corrected chi connectivity index (χ2v) is 5.57. The number of methoxy groups -OCH3 is 1. The maximum absolute atomic E-state index is 12.8. The molecule has 1 aromatic carbocycles. The van der Waals surface area contributed by atoms with Crippen LogP contribution >= 0.6 is 24.0 Å². The van der Waals surface area contributed by atoms with E-state index in [-0.39, 0.29) is 18.3 Å². The minimum atomic E-state index is -0.538. The number of halogens is 1. The molecule has 0 atom stereocenters. The first-order valence-electron chi connectivity index (χ1n) is 5.59. The Morgan fingerprint density at radius 1 is 1.45 bits per heavy atom. The fraction of sp³-hybridized carbons (Fsp3) is 0.154. The molecule has 1 aromatic rings. The lowest BCUT2D eigenvalue weighted by Gasteiger charge is -2.11. The van der Waals surface area contributed by atoms with Gasteiger partial charge < -0.3 is 4.74 Å². The van der Waals surface area contributed by atoms with E-state index in [1.807, 2.05) is 0 Å². The van der Waals surface area contributed by atoms with E-state index in [1.165, 1.54) is 24.1 Å². The number of esters is 1. The van der Waals surface area contributed by atoms with Crippen LogP contribution in [0.1, 0.15) is 5.56 Å². The number of carbonyl (C=O) groups is 2. The first kappa shape index (κ1) is 14.7. The second-order valence-electron chi connectivity index (χ2n) is 3.90. The van der Waals surface area contributed by atoms with Crippen molar-refractivity contribution in [2.24, 2.45) is 0 Å². The molecular formula is C13H10FNO3S2. The van der Waals surface area contributed by atoms with Crippen LogP contribution in [0.3, 0.4) is 0 Å². The molecule has 7 heteroatoms. The molecule has 0 aromatic heterocycles. The molecule has 0 unspecified atom stereocenters. The number of nitrogens with zero attached hydrogens (tertiary/aromatic N) is 1. The monoisotopic (exact) mass is 311 g/mol. The van der Waals surface area contributed by atoms with E-state index >= 15 is 0 Å². The van der Waals surface area contributed by atoms with Gasteiger partial charge in [-0.15, -0.1) is 0 Å². The maximum Gasteiger partial charge on any atom is 0.325 e. The third kappa shape index (κ3) is 3.23. The molecule has 1 saturated heterocycles. The van der Waals surface area contributed by atoms with Crippen LogP contribution in [-0.2, 0) is 14.3 Å². The Morgan fingerprint density at radius 3 is 2.70 bits per heavy atom. The average molecular weight is 311 g/mol. The second kappa shape index (κ2) is 6.15. The number of benzene rings is 1. The zero-order valence-electron chi connectivity index (χ0n) is 10.5. The quantitative estimate of drug-likeness (QED) is 0.486. The summed E-state index contributed by atoms with van der Waals surface area (Å²) in [5, 5.41) is 0. The number of ether oxygens (including phenoxy) is 1. The van der Waals surface area contributed by atoms with Crippen molar-refractivity contribution >= 4 is 46.3 Å². The number of amides is 1. The van der Waals surface area contributed by atoms with Crippen molar-refractivity contribution in [3.63, 3.8) is 0 Å². The molecular weight excluding hydrogens is 301 g/mol. The van der Waals surface area contributed by atoms with Gasteiger partial charge in [-0.25, -0.2) is 4.39 Å². The summed E-state index contributed by atoms with van der Waals surface area (Å²) in [6.07, 6.45) is 1.61. The number of rotatable bonds is 3. The lowest BCUT2D eigenvalue weighted by atomic mass is 10.2. The minimum Gasteiger partial charge on any atom is -0.468 e. The molecule has 104 valence electrons. The summed E-state index contributed by atoms with van der Waals surface area (Å²) < 4.78 is 17.6. The first-order valence-corrected chi connectivity index (χ1v) is 6.81. The Balaban J connectivity index is 2.19. The fourth-order valence-corrected chi connectivity index (χ4v) is 2.80. The Morgan fingerprint density at radius 2 is 2.10 bits per heavy atom. The fourth-order valence-electron chi connectivity index (χ4n) is 1.54. The molecule has 2 rings (SSSR count). The Bertz CT molecular complexity index is 598. The Labute approximate surface area is 124 Å². The standard InChI is InChI=1S/C13H10FNO3S2/c1-18-11(16)7-15-12(17)10(20-13(15)19)6-8-2-4-9(14)5-3-8/h2-6H,7H2,1H3. The summed E-state index contributed by atoms with van der Waals surface area (Å²) in [5.41, 5.74) is 0.685. The van der Waals surface area contributed by atoms with Gasteiger partial charge in [0.15, 0.2) is 0 Å². The lowest BCUT2D eigenvalue weighted by Crippen LogP contribution is -2.33. The molecule has 20 heavy (non-hydrogen) atoms. The van der Waals surface area contributed by atoms with E-state index in [0.29, 0.717) is 14.8 Å². The average Bonchev–Trinajstić information content (AvgIpc) is 2.69. The van der Waals surface area contributed by atoms with Crippen molar-refractivity contribution in [1.82, 2.24) is 4.90 Å². The SMILES string of the molecule is COC(=O)CN1C(=O)C(=Cc2ccc(F)cc2)SC1=S. The number of thioether (sulfide) groups is 1. The molecule has 1 heterocycles. The highest BCUT2D eigenvalue weighted by Gasteiger charge is 2.33. The van der Waals surface area contributed by atoms with Crippen molar-refractivity contribution in [3.05, 3.63) is 40.6 Å². The molecule has 0 radical (unpaired) electrons. The molecule has 0 N–H and O–H groups in total. The number of hydrogen-bond donors (Lipinski definition) is 0. The van der Waals surface area contributed by atoms with Crippen LogP contribution in [0, 0.1) is 5.82 Å².